The third-order valence-electron chi connectivity index (χ3n) is 4.53. The maximum Gasteiger partial charge on any atom is 0.317 e. The highest BCUT2D eigenvalue weighted by Gasteiger charge is 2.22. The summed E-state index contributed by atoms with van der Waals surface area (Å²) in [7, 11) is 0. The van der Waals surface area contributed by atoms with Crippen LogP contribution in [0.5, 0.6) is 5.75 Å². The molecule has 1 aromatic rings. The van der Waals surface area contributed by atoms with Crippen molar-refractivity contribution in [2.24, 2.45) is 0 Å². The number of ether oxygens (including phenoxy) is 1. The number of para-hydroxylation sites is 1. The highest BCUT2D eigenvalue weighted by molar-refractivity contribution is 5.74. The number of hydrogen-bond acceptors (Lipinski definition) is 4. The Hall–Kier alpha value is -1.79. The van der Waals surface area contributed by atoms with Gasteiger partial charge in [-0.05, 0) is 58.2 Å². The molecule has 0 aliphatic carbocycles. The van der Waals surface area contributed by atoms with Gasteiger partial charge in [0, 0.05) is 25.2 Å². The lowest BCUT2D eigenvalue weighted by Crippen LogP contribution is -2.49. The minimum atomic E-state index is -0.446. The Kier molecular flexibility index (Phi) is 8.71. The summed E-state index contributed by atoms with van der Waals surface area (Å²) in [6.07, 6.45) is 3.14. The lowest BCUT2D eigenvalue weighted by Gasteiger charge is -2.33. The molecule has 6 nitrogen and oxygen atoms in total. The highest BCUT2D eigenvalue weighted by atomic mass is 16.5. The second kappa shape index (κ2) is 11.0. The lowest BCUT2D eigenvalue weighted by molar-refractivity contribution is 0.0976. The fraction of sp³-hybridized carbons (Fsp3) is 0.650. The van der Waals surface area contributed by atoms with Crippen LogP contribution in [0, 0.1) is 0 Å². The van der Waals surface area contributed by atoms with Gasteiger partial charge in [-0.25, -0.2) is 4.79 Å². The van der Waals surface area contributed by atoms with E-state index in [2.05, 4.69) is 10.6 Å². The van der Waals surface area contributed by atoms with Gasteiger partial charge in [0.1, 0.15) is 12.4 Å². The number of rotatable bonds is 9. The minimum absolute atomic E-state index is 0.0417. The molecule has 1 atom stereocenters. The Morgan fingerprint density at radius 2 is 1.96 bits per heavy atom. The zero-order valence-electron chi connectivity index (χ0n) is 16.0. The number of urea groups is 1. The summed E-state index contributed by atoms with van der Waals surface area (Å²) >= 11 is 0. The van der Waals surface area contributed by atoms with Gasteiger partial charge in [0.25, 0.3) is 0 Å². The number of amides is 2. The van der Waals surface area contributed by atoms with E-state index in [0.717, 1.165) is 51.1 Å². The van der Waals surface area contributed by atoms with Gasteiger partial charge in [0.05, 0.1) is 6.10 Å². The topological polar surface area (TPSA) is 73.8 Å². The van der Waals surface area contributed by atoms with Gasteiger partial charge in [-0.1, -0.05) is 18.2 Å². The third kappa shape index (κ3) is 7.62. The van der Waals surface area contributed by atoms with Crippen molar-refractivity contribution in [3.63, 3.8) is 0 Å². The number of aliphatic hydroxyl groups is 1. The van der Waals surface area contributed by atoms with E-state index in [0.29, 0.717) is 12.6 Å². The summed E-state index contributed by atoms with van der Waals surface area (Å²) in [5, 5.41) is 16.5. The van der Waals surface area contributed by atoms with Crippen LogP contribution in [0.1, 0.15) is 39.5 Å². The van der Waals surface area contributed by atoms with Crippen LogP contribution in [-0.4, -0.2) is 60.5 Å². The van der Waals surface area contributed by atoms with Gasteiger partial charge in [-0.3, -0.25) is 0 Å². The maximum atomic E-state index is 12.0. The monoisotopic (exact) mass is 363 g/mol. The predicted octanol–water partition coefficient (Wildman–Crippen LogP) is 2.38. The van der Waals surface area contributed by atoms with Crippen LogP contribution in [0.3, 0.4) is 0 Å². The number of hydrogen-bond donors (Lipinski definition) is 3. The van der Waals surface area contributed by atoms with E-state index in [1.54, 1.807) is 0 Å². The number of likely N-dealkylation sites (tertiary alicyclic amines) is 1. The molecule has 2 amide bonds. The Morgan fingerprint density at radius 3 is 2.62 bits per heavy atom. The van der Waals surface area contributed by atoms with Crippen molar-refractivity contribution in [3.8, 4) is 5.75 Å². The number of benzene rings is 1. The molecule has 1 saturated heterocycles. The zero-order chi connectivity index (χ0) is 18.8. The van der Waals surface area contributed by atoms with E-state index in [1.165, 1.54) is 0 Å². The van der Waals surface area contributed by atoms with Crippen LogP contribution in [0.4, 0.5) is 4.79 Å². The summed E-state index contributed by atoms with van der Waals surface area (Å²) in [6, 6.07) is 10.2. The number of aliphatic hydroxyl groups excluding tert-OH is 1. The van der Waals surface area contributed by atoms with Crippen molar-refractivity contribution in [3.05, 3.63) is 30.3 Å². The molecule has 26 heavy (non-hydrogen) atoms. The van der Waals surface area contributed by atoms with Gasteiger partial charge in [0.2, 0.25) is 0 Å². The summed E-state index contributed by atoms with van der Waals surface area (Å²) in [4.78, 5) is 13.9. The number of carbonyl (C=O) groups excluding carboxylic acids is 1. The van der Waals surface area contributed by atoms with Crippen LogP contribution in [-0.2, 0) is 0 Å². The van der Waals surface area contributed by atoms with E-state index < -0.39 is 6.10 Å². The summed E-state index contributed by atoms with van der Waals surface area (Å²) in [5.41, 5.74) is 0. The Balaban J connectivity index is 1.52. The summed E-state index contributed by atoms with van der Waals surface area (Å²) < 4.78 is 5.56. The second-order valence-corrected chi connectivity index (χ2v) is 7.24. The van der Waals surface area contributed by atoms with Crippen molar-refractivity contribution in [2.45, 2.75) is 57.7 Å². The minimum Gasteiger partial charge on any atom is -0.491 e. The second-order valence-electron chi connectivity index (χ2n) is 7.24. The molecule has 146 valence electrons. The van der Waals surface area contributed by atoms with Gasteiger partial charge < -0.3 is 25.4 Å². The average molecular weight is 364 g/mol. The molecule has 0 spiro atoms. The molecule has 3 N–H and O–H groups in total. The first-order valence-corrected chi connectivity index (χ1v) is 9.69. The predicted molar refractivity (Wildman–Crippen MR) is 103 cm³/mol. The quantitative estimate of drug-likeness (QED) is 0.589. The number of nitrogens with zero attached hydrogens (tertiary/aromatic N) is 1. The molecule has 1 unspecified atom stereocenters. The summed E-state index contributed by atoms with van der Waals surface area (Å²) in [5.74, 6) is 0.790. The fourth-order valence-corrected chi connectivity index (χ4v) is 3.06. The Labute approximate surface area is 156 Å². The molecule has 6 heteroatoms. The van der Waals surface area contributed by atoms with Gasteiger partial charge in [-0.15, -0.1) is 0 Å². The first-order chi connectivity index (χ1) is 12.5. The molecule has 1 aliphatic rings. The number of carbonyl (C=O) groups is 1. The van der Waals surface area contributed by atoms with Crippen molar-refractivity contribution >= 4 is 6.03 Å². The van der Waals surface area contributed by atoms with Crippen LogP contribution >= 0.6 is 0 Å². The molecule has 0 saturated carbocycles. The molecule has 1 heterocycles. The van der Waals surface area contributed by atoms with E-state index in [-0.39, 0.29) is 12.1 Å². The number of nitrogens with one attached hydrogen (secondary N) is 2. The third-order valence-corrected chi connectivity index (χ3v) is 4.53. The maximum absolute atomic E-state index is 12.0. The van der Waals surface area contributed by atoms with Gasteiger partial charge in [-0.2, -0.15) is 0 Å². The molecule has 0 bridgehead atoms. The van der Waals surface area contributed by atoms with Crippen molar-refractivity contribution in [2.75, 3.05) is 26.2 Å². The van der Waals surface area contributed by atoms with E-state index in [1.807, 2.05) is 49.1 Å². The van der Waals surface area contributed by atoms with Gasteiger partial charge in [0.15, 0.2) is 0 Å². The first-order valence-electron chi connectivity index (χ1n) is 9.69. The van der Waals surface area contributed by atoms with Crippen molar-refractivity contribution in [1.82, 2.24) is 15.5 Å². The molecular formula is C20H33N3O3. The van der Waals surface area contributed by atoms with Crippen molar-refractivity contribution < 1.29 is 14.6 Å². The average Bonchev–Trinajstić information content (AvgIpc) is 2.64. The zero-order valence-corrected chi connectivity index (χ0v) is 16.0. The van der Waals surface area contributed by atoms with Crippen LogP contribution in [0.25, 0.3) is 0 Å². The standard InChI is InChI=1S/C20H33N3O3/c1-16(2)22-20(25)23-13-10-17(11-14-23)21-12-6-7-18(24)15-26-19-8-4-3-5-9-19/h3-5,8-9,16-18,21,24H,6-7,10-15H2,1-2H3,(H,22,25). The Bertz CT molecular complexity index is 516. The largest absolute Gasteiger partial charge is 0.491 e. The highest BCUT2D eigenvalue weighted by Crippen LogP contribution is 2.12. The molecule has 0 radical (unpaired) electrons. The van der Waals surface area contributed by atoms with Crippen molar-refractivity contribution in [1.29, 1.82) is 0 Å². The SMILES string of the molecule is CC(C)NC(=O)N1CCC(NCCCC(O)COc2ccccc2)CC1. The number of piperidine rings is 1. The van der Waals surface area contributed by atoms with E-state index >= 15 is 0 Å². The van der Waals surface area contributed by atoms with E-state index in [4.69, 9.17) is 4.74 Å². The molecule has 1 aliphatic heterocycles. The first kappa shape index (κ1) is 20.5. The van der Waals surface area contributed by atoms with E-state index in [9.17, 15) is 9.90 Å². The fourth-order valence-electron chi connectivity index (χ4n) is 3.06. The van der Waals surface area contributed by atoms with Crippen LogP contribution in [0.2, 0.25) is 0 Å². The van der Waals surface area contributed by atoms with Gasteiger partial charge >= 0.3 is 6.03 Å². The summed E-state index contributed by atoms with van der Waals surface area (Å²) in [6.45, 7) is 6.75. The smallest absolute Gasteiger partial charge is 0.317 e. The van der Waals surface area contributed by atoms with Crippen LogP contribution < -0.4 is 15.4 Å². The molecule has 1 aromatic carbocycles. The van der Waals surface area contributed by atoms with Crippen LogP contribution in [0.15, 0.2) is 30.3 Å². The molecule has 0 aromatic heterocycles. The molecule has 2 rings (SSSR count). The Morgan fingerprint density at radius 1 is 1.27 bits per heavy atom. The molecular weight excluding hydrogens is 330 g/mol. The molecule has 1 fully saturated rings. The lowest BCUT2D eigenvalue weighted by atomic mass is 10.0. The normalized spacial score (nSPS) is 16.5.